The van der Waals surface area contributed by atoms with Gasteiger partial charge in [-0.3, -0.25) is 0 Å². The Balaban J connectivity index is 3.04. The maximum absolute atomic E-state index is 5.05. The predicted molar refractivity (Wildman–Crippen MR) is 39.3 cm³/mol. The van der Waals surface area contributed by atoms with Gasteiger partial charge in [-0.05, 0) is 13.5 Å². The van der Waals surface area contributed by atoms with Crippen molar-refractivity contribution in [3.63, 3.8) is 0 Å². The fourth-order valence-corrected chi connectivity index (χ4v) is 0.560. The van der Waals surface area contributed by atoms with E-state index >= 15 is 0 Å². The lowest BCUT2D eigenvalue weighted by Gasteiger charge is -2.09. The van der Waals surface area contributed by atoms with Crippen LogP contribution in [0.5, 0.6) is 0 Å². The van der Waals surface area contributed by atoms with Gasteiger partial charge in [-0.15, -0.1) is 0 Å². The lowest BCUT2D eigenvalue weighted by atomic mass is 10.4. The van der Waals surface area contributed by atoms with Crippen molar-refractivity contribution in [1.82, 2.24) is 5.32 Å². The van der Waals surface area contributed by atoms with Gasteiger partial charge in [0.2, 0.25) is 0 Å². The highest BCUT2D eigenvalue weighted by molar-refractivity contribution is 4.58. The number of ether oxygens (including phenoxy) is 1. The van der Waals surface area contributed by atoms with Gasteiger partial charge in [-0.1, -0.05) is 13.5 Å². The van der Waals surface area contributed by atoms with Crippen LogP contribution in [0.4, 0.5) is 0 Å². The molecule has 1 N–H and O–H groups in total. The zero-order valence-corrected chi connectivity index (χ0v) is 6.18. The van der Waals surface area contributed by atoms with E-state index in [9.17, 15) is 0 Å². The Morgan fingerprint density at radius 3 is 2.89 bits per heavy atom. The standard InChI is InChI=1S/C7H15NO/c1-4-8-6-7(3)9-5-2/h5,7-8H,2,4,6H2,1,3H3. The minimum absolute atomic E-state index is 0.238. The molecule has 0 aromatic heterocycles. The number of likely N-dealkylation sites (N-methyl/N-ethyl adjacent to an activating group) is 1. The lowest BCUT2D eigenvalue weighted by molar-refractivity contribution is 0.161. The van der Waals surface area contributed by atoms with E-state index in [1.807, 2.05) is 6.92 Å². The molecule has 0 heterocycles. The Labute approximate surface area is 56.9 Å². The Kier molecular flexibility index (Phi) is 5.32. The molecular formula is C7H15NO. The van der Waals surface area contributed by atoms with Crippen molar-refractivity contribution < 1.29 is 4.74 Å². The van der Waals surface area contributed by atoms with Crippen molar-refractivity contribution in [2.75, 3.05) is 13.1 Å². The third kappa shape index (κ3) is 5.37. The second kappa shape index (κ2) is 5.63. The van der Waals surface area contributed by atoms with Crippen LogP contribution in [0.1, 0.15) is 13.8 Å². The summed E-state index contributed by atoms with van der Waals surface area (Å²) in [7, 11) is 0. The van der Waals surface area contributed by atoms with Crippen LogP contribution in [0.15, 0.2) is 12.8 Å². The minimum atomic E-state index is 0.238. The summed E-state index contributed by atoms with van der Waals surface area (Å²) in [4.78, 5) is 0. The zero-order valence-electron chi connectivity index (χ0n) is 6.18. The van der Waals surface area contributed by atoms with Gasteiger partial charge in [-0.25, -0.2) is 0 Å². The molecule has 1 unspecified atom stereocenters. The first-order chi connectivity index (χ1) is 4.31. The average molecular weight is 129 g/mol. The van der Waals surface area contributed by atoms with Crippen molar-refractivity contribution in [2.24, 2.45) is 0 Å². The highest BCUT2D eigenvalue weighted by atomic mass is 16.5. The molecular weight excluding hydrogens is 114 g/mol. The maximum atomic E-state index is 5.05. The van der Waals surface area contributed by atoms with Crippen LogP contribution in [0.25, 0.3) is 0 Å². The third-order valence-corrected chi connectivity index (χ3v) is 1.01. The number of nitrogens with one attached hydrogen (secondary N) is 1. The molecule has 0 spiro atoms. The molecule has 2 heteroatoms. The molecule has 0 fully saturated rings. The van der Waals surface area contributed by atoms with Crippen molar-refractivity contribution in [3.8, 4) is 0 Å². The second-order valence-corrected chi connectivity index (χ2v) is 1.92. The normalized spacial score (nSPS) is 12.7. The lowest BCUT2D eigenvalue weighted by Crippen LogP contribution is -2.25. The molecule has 0 aliphatic heterocycles. The van der Waals surface area contributed by atoms with Crippen molar-refractivity contribution >= 4 is 0 Å². The fourth-order valence-electron chi connectivity index (χ4n) is 0.560. The smallest absolute Gasteiger partial charge is 0.107 e. The van der Waals surface area contributed by atoms with Gasteiger partial charge in [0, 0.05) is 6.54 Å². The summed E-state index contributed by atoms with van der Waals surface area (Å²) in [6.45, 7) is 9.42. The molecule has 0 rings (SSSR count). The highest BCUT2D eigenvalue weighted by Crippen LogP contribution is 1.86. The molecule has 0 saturated heterocycles. The van der Waals surface area contributed by atoms with Crippen LogP contribution in [-0.2, 0) is 4.74 Å². The largest absolute Gasteiger partial charge is 0.498 e. The molecule has 0 saturated carbocycles. The fraction of sp³-hybridized carbons (Fsp3) is 0.714. The third-order valence-electron chi connectivity index (χ3n) is 1.01. The summed E-state index contributed by atoms with van der Waals surface area (Å²) in [5.74, 6) is 0. The summed E-state index contributed by atoms with van der Waals surface area (Å²) in [6.07, 6.45) is 1.71. The summed E-state index contributed by atoms with van der Waals surface area (Å²) < 4.78 is 5.05. The van der Waals surface area contributed by atoms with Crippen molar-refractivity contribution in [3.05, 3.63) is 12.8 Å². The Hall–Kier alpha value is -0.500. The summed E-state index contributed by atoms with van der Waals surface area (Å²) in [6, 6.07) is 0. The van der Waals surface area contributed by atoms with Crippen molar-refractivity contribution in [2.45, 2.75) is 20.0 Å². The number of hydrogen-bond acceptors (Lipinski definition) is 2. The maximum Gasteiger partial charge on any atom is 0.107 e. The summed E-state index contributed by atoms with van der Waals surface area (Å²) >= 11 is 0. The summed E-state index contributed by atoms with van der Waals surface area (Å²) in [5, 5.41) is 3.16. The van der Waals surface area contributed by atoms with E-state index in [-0.39, 0.29) is 6.10 Å². The quantitative estimate of drug-likeness (QED) is 0.562. The molecule has 0 aliphatic carbocycles. The highest BCUT2D eigenvalue weighted by Gasteiger charge is 1.95. The van der Waals surface area contributed by atoms with Crippen molar-refractivity contribution in [1.29, 1.82) is 0 Å². The van der Waals surface area contributed by atoms with Gasteiger partial charge < -0.3 is 10.1 Å². The topological polar surface area (TPSA) is 21.3 Å². The van der Waals surface area contributed by atoms with Crippen LogP contribution in [-0.4, -0.2) is 19.2 Å². The Morgan fingerprint density at radius 2 is 2.44 bits per heavy atom. The molecule has 2 nitrogen and oxygen atoms in total. The van der Waals surface area contributed by atoms with E-state index in [1.54, 1.807) is 0 Å². The number of rotatable bonds is 5. The Morgan fingerprint density at radius 1 is 1.78 bits per heavy atom. The Bertz CT molecular complexity index is 73.3. The van der Waals surface area contributed by atoms with Gasteiger partial charge in [0.1, 0.15) is 6.10 Å². The van der Waals surface area contributed by atoms with E-state index in [4.69, 9.17) is 4.74 Å². The first-order valence-corrected chi connectivity index (χ1v) is 3.28. The van der Waals surface area contributed by atoms with Gasteiger partial charge in [0.05, 0.1) is 6.26 Å². The van der Waals surface area contributed by atoms with E-state index in [1.165, 1.54) is 6.26 Å². The van der Waals surface area contributed by atoms with Crippen LogP contribution < -0.4 is 5.32 Å². The molecule has 0 aliphatic rings. The van der Waals surface area contributed by atoms with Gasteiger partial charge in [0.25, 0.3) is 0 Å². The monoisotopic (exact) mass is 129 g/mol. The van der Waals surface area contributed by atoms with E-state index < -0.39 is 0 Å². The predicted octanol–water partition coefficient (Wildman–Crippen LogP) is 1.14. The SMILES string of the molecule is C=COC(C)CNCC. The van der Waals surface area contributed by atoms with E-state index in [0.717, 1.165) is 13.1 Å². The van der Waals surface area contributed by atoms with Gasteiger partial charge >= 0.3 is 0 Å². The van der Waals surface area contributed by atoms with Crippen LogP contribution >= 0.6 is 0 Å². The van der Waals surface area contributed by atoms with Crippen LogP contribution in [0, 0.1) is 0 Å². The molecule has 0 amide bonds. The molecule has 0 aromatic rings. The number of hydrogen-bond donors (Lipinski definition) is 1. The molecule has 0 bridgehead atoms. The van der Waals surface area contributed by atoms with Gasteiger partial charge in [0.15, 0.2) is 0 Å². The van der Waals surface area contributed by atoms with Crippen LogP contribution in [0.2, 0.25) is 0 Å². The molecule has 9 heavy (non-hydrogen) atoms. The molecule has 0 aromatic carbocycles. The molecule has 1 atom stereocenters. The molecule has 0 radical (unpaired) electrons. The minimum Gasteiger partial charge on any atom is -0.498 e. The second-order valence-electron chi connectivity index (χ2n) is 1.92. The van der Waals surface area contributed by atoms with E-state index in [2.05, 4.69) is 18.8 Å². The zero-order chi connectivity index (χ0) is 7.11. The average Bonchev–Trinajstić information content (AvgIpc) is 1.85. The summed E-state index contributed by atoms with van der Waals surface area (Å²) in [5.41, 5.74) is 0. The molecule has 54 valence electrons. The van der Waals surface area contributed by atoms with Gasteiger partial charge in [-0.2, -0.15) is 0 Å². The first kappa shape index (κ1) is 8.50. The van der Waals surface area contributed by atoms with E-state index in [0.29, 0.717) is 0 Å². The van der Waals surface area contributed by atoms with Crippen LogP contribution in [0.3, 0.4) is 0 Å². The first-order valence-electron chi connectivity index (χ1n) is 3.28.